The molecule has 0 bridgehead atoms. The van der Waals surface area contributed by atoms with E-state index in [1.165, 1.54) is 12.1 Å². The number of hydrogen-bond acceptors (Lipinski definition) is 2. The van der Waals surface area contributed by atoms with Gasteiger partial charge in [0.05, 0.1) is 21.8 Å². The normalized spacial score (nSPS) is 10.6. The van der Waals surface area contributed by atoms with Crippen molar-refractivity contribution in [3.8, 4) is 0 Å². The molecule has 24 heavy (non-hydrogen) atoms. The molecule has 0 saturated heterocycles. The van der Waals surface area contributed by atoms with Crippen LogP contribution < -0.4 is 5.32 Å². The van der Waals surface area contributed by atoms with E-state index in [0.29, 0.717) is 14.0 Å². The molecule has 2 aromatic carbocycles. The van der Waals surface area contributed by atoms with E-state index in [1.54, 1.807) is 6.07 Å². The van der Waals surface area contributed by atoms with E-state index in [9.17, 15) is 14.7 Å². The van der Waals surface area contributed by atoms with Crippen molar-refractivity contribution in [2.75, 3.05) is 5.32 Å². The molecule has 0 saturated carbocycles. The average Bonchev–Trinajstić information content (AvgIpc) is 2.51. The van der Waals surface area contributed by atoms with Gasteiger partial charge in [0, 0.05) is 22.9 Å². The first-order valence-electron chi connectivity index (χ1n) is 6.00. The molecule has 0 aliphatic rings. The summed E-state index contributed by atoms with van der Waals surface area (Å²) in [6, 6.07) is 4.57. The van der Waals surface area contributed by atoms with Crippen LogP contribution in [0.5, 0.6) is 0 Å². The van der Waals surface area contributed by atoms with Gasteiger partial charge in [0.25, 0.3) is 5.91 Å². The number of carbonyl (C=O) groups excluding carboxylic acids is 1. The zero-order valence-corrected chi connectivity index (χ0v) is 19.1. The first kappa shape index (κ1) is 20.2. The third-order valence-electron chi connectivity index (χ3n) is 2.88. The highest BCUT2D eigenvalue weighted by molar-refractivity contribution is 9.15. The Balaban J connectivity index is 2.61. The fourth-order valence-electron chi connectivity index (χ4n) is 1.82. The van der Waals surface area contributed by atoms with Crippen LogP contribution in [-0.2, 0) is 0 Å². The molecule has 2 aromatic rings. The first-order chi connectivity index (χ1) is 11.1. The summed E-state index contributed by atoms with van der Waals surface area (Å²) in [5.74, 6) is -1.92. The second-order valence-electron chi connectivity index (χ2n) is 4.39. The van der Waals surface area contributed by atoms with Crippen LogP contribution in [0.1, 0.15) is 20.7 Å². The maximum atomic E-state index is 12.7. The van der Waals surface area contributed by atoms with Crippen LogP contribution in [0.15, 0.2) is 36.1 Å². The molecule has 0 aliphatic carbocycles. The predicted octanol–water partition coefficient (Wildman–Crippen LogP) is 6.99. The largest absolute Gasteiger partial charge is 0.478 e. The van der Waals surface area contributed by atoms with E-state index in [1.807, 2.05) is 0 Å². The topological polar surface area (TPSA) is 66.4 Å². The van der Waals surface area contributed by atoms with E-state index >= 15 is 0 Å². The molecule has 0 radical (unpaired) electrons. The van der Waals surface area contributed by atoms with E-state index in [2.05, 4.69) is 69.0 Å². The smallest absolute Gasteiger partial charge is 0.337 e. The first-order valence-corrected chi connectivity index (χ1v) is 9.93. The number of nitrogens with one attached hydrogen (secondary N) is 1. The quantitative estimate of drug-likeness (QED) is 0.285. The number of rotatable bonds is 3. The van der Waals surface area contributed by atoms with E-state index in [-0.39, 0.29) is 30.8 Å². The number of amides is 1. The van der Waals surface area contributed by atoms with Crippen molar-refractivity contribution >= 4 is 104 Å². The Morgan fingerprint density at radius 1 is 0.917 bits per heavy atom. The lowest BCUT2D eigenvalue weighted by Gasteiger charge is -2.15. The lowest BCUT2D eigenvalue weighted by atomic mass is 10.1. The maximum absolute atomic E-state index is 12.7. The minimum Gasteiger partial charge on any atom is -0.478 e. The highest BCUT2D eigenvalue weighted by Crippen LogP contribution is 2.42. The molecule has 0 aliphatic heterocycles. The number of benzene rings is 2. The average molecular weight is 626 g/mol. The SMILES string of the molecule is O=C(O)c1c(Br)c(Br)c(Br)c(Br)c1C(=O)Nc1cc(Cl)ccc1Cl. The Labute approximate surface area is 180 Å². The highest BCUT2D eigenvalue weighted by atomic mass is 79.9. The molecule has 10 heteroatoms. The zero-order chi connectivity index (χ0) is 18.2. The lowest BCUT2D eigenvalue weighted by molar-refractivity contribution is 0.0691. The second kappa shape index (κ2) is 8.05. The van der Waals surface area contributed by atoms with Gasteiger partial charge in [0.15, 0.2) is 0 Å². The van der Waals surface area contributed by atoms with Gasteiger partial charge < -0.3 is 10.4 Å². The summed E-state index contributed by atoms with van der Waals surface area (Å²) < 4.78 is 1.46. The minimum absolute atomic E-state index is 0.0690. The van der Waals surface area contributed by atoms with Gasteiger partial charge in [-0.05, 0) is 81.9 Å². The second-order valence-corrected chi connectivity index (χ2v) is 8.41. The zero-order valence-electron chi connectivity index (χ0n) is 11.3. The molecule has 126 valence electrons. The van der Waals surface area contributed by atoms with Crippen molar-refractivity contribution in [2.24, 2.45) is 0 Å². The molecule has 4 nitrogen and oxygen atoms in total. The standard InChI is InChI=1S/C14H5Br4Cl2NO3/c15-9-7(8(14(23)24)10(16)12(18)11(9)17)13(22)21-6-3-4(19)1-2-5(6)20/h1-3H,(H,21,22)(H,23,24). The number of carboxylic acids is 1. The van der Waals surface area contributed by atoms with Crippen LogP contribution in [0, 0.1) is 0 Å². The molecular weight excluding hydrogens is 621 g/mol. The van der Waals surface area contributed by atoms with Crippen molar-refractivity contribution < 1.29 is 14.7 Å². The number of aromatic carboxylic acids is 1. The number of carboxylic acid groups (broad SMARTS) is 1. The van der Waals surface area contributed by atoms with Crippen molar-refractivity contribution in [1.82, 2.24) is 0 Å². The van der Waals surface area contributed by atoms with Crippen molar-refractivity contribution in [3.05, 3.63) is 57.3 Å². The van der Waals surface area contributed by atoms with Crippen molar-refractivity contribution in [1.29, 1.82) is 0 Å². The third kappa shape index (κ3) is 3.99. The van der Waals surface area contributed by atoms with Gasteiger partial charge >= 0.3 is 5.97 Å². The number of hydrogen-bond donors (Lipinski definition) is 2. The minimum atomic E-state index is -1.27. The summed E-state index contributed by atoms with van der Waals surface area (Å²) in [7, 11) is 0. The maximum Gasteiger partial charge on any atom is 0.337 e. The third-order valence-corrected chi connectivity index (χ3v) is 8.22. The van der Waals surface area contributed by atoms with Crippen LogP contribution in [0.2, 0.25) is 10.0 Å². The fraction of sp³-hybridized carbons (Fsp3) is 0. The van der Waals surface area contributed by atoms with Gasteiger partial charge in [-0.2, -0.15) is 0 Å². The van der Waals surface area contributed by atoms with Crippen LogP contribution in [0.25, 0.3) is 0 Å². The molecule has 0 aromatic heterocycles. The van der Waals surface area contributed by atoms with Gasteiger partial charge in [-0.3, -0.25) is 4.79 Å². The van der Waals surface area contributed by atoms with Crippen LogP contribution in [0.3, 0.4) is 0 Å². The predicted molar refractivity (Wildman–Crippen MR) is 109 cm³/mol. The molecule has 0 atom stereocenters. The lowest BCUT2D eigenvalue weighted by Crippen LogP contribution is -2.18. The van der Waals surface area contributed by atoms with Crippen LogP contribution >= 0.6 is 86.9 Å². The summed E-state index contributed by atoms with van der Waals surface area (Å²) in [5, 5.41) is 12.7. The van der Waals surface area contributed by atoms with E-state index < -0.39 is 11.9 Å². The van der Waals surface area contributed by atoms with Gasteiger partial charge in [0.1, 0.15) is 0 Å². The van der Waals surface area contributed by atoms with Gasteiger partial charge in [-0.25, -0.2) is 4.79 Å². The molecule has 0 spiro atoms. The molecule has 2 rings (SSSR count). The highest BCUT2D eigenvalue weighted by Gasteiger charge is 2.28. The van der Waals surface area contributed by atoms with Gasteiger partial charge in [-0.1, -0.05) is 23.2 Å². The summed E-state index contributed by atoms with van der Waals surface area (Å²) in [4.78, 5) is 24.3. The van der Waals surface area contributed by atoms with Crippen LogP contribution in [0.4, 0.5) is 5.69 Å². The molecule has 0 fully saturated rings. The summed E-state index contributed by atoms with van der Waals surface area (Å²) >= 11 is 24.9. The molecular formula is C14H5Br4Cl2NO3. The Kier molecular flexibility index (Phi) is 6.78. The summed E-state index contributed by atoms with van der Waals surface area (Å²) in [5.41, 5.74) is 0.000613. The Hall–Kier alpha value is -0.120. The number of carbonyl (C=O) groups is 2. The molecule has 1 amide bonds. The van der Waals surface area contributed by atoms with E-state index in [0.717, 1.165) is 0 Å². The van der Waals surface area contributed by atoms with Crippen LogP contribution in [-0.4, -0.2) is 17.0 Å². The Bertz CT molecular complexity index is 874. The molecule has 0 unspecified atom stereocenters. The van der Waals surface area contributed by atoms with E-state index in [4.69, 9.17) is 23.2 Å². The Morgan fingerprint density at radius 3 is 2.00 bits per heavy atom. The van der Waals surface area contributed by atoms with Gasteiger partial charge in [-0.15, -0.1) is 0 Å². The van der Waals surface area contributed by atoms with Crippen molar-refractivity contribution in [3.63, 3.8) is 0 Å². The molecule has 2 N–H and O–H groups in total. The summed E-state index contributed by atoms with van der Waals surface area (Å²) in [6.07, 6.45) is 0. The van der Waals surface area contributed by atoms with Crippen molar-refractivity contribution in [2.45, 2.75) is 0 Å². The molecule has 0 heterocycles. The Morgan fingerprint density at radius 2 is 1.46 bits per heavy atom. The number of anilines is 1. The van der Waals surface area contributed by atoms with Gasteiger partial charge in [0.2, 0.25) is 0 Å². The monoisotopic (exact) mass is 621 g/mol. The number of halogens is 6. The fourth-order valence-corrected chi connectivity index (χ4v) is 4.63. The summed E-state index contributed by atoms with van der Waals surface area (Å²) in [6.45, 7) is 0.